The van der Waals surface area contributed by atoms with Gasteiger partial charge in [-0.3, -0.25) is 14.6 Å². The Morgan fingerprint density at radius 3 is 1.17 bits per heavy atom. The van der Waals surface area contributed by atoms with Crippen molar-refractivity contribution in [2.75, 3.05) is 80.3 Å². The van der Waals surface area contributed by atoms with E-state index in [2.05, 4.69) is 25.3 Å². The fourth-order valence-electron chi connectivity index (χ4n) is 16.2. The number of anilines is 1. The van der Waals surface area contributed by atoms with Crippen molar-refractivity contribution in [1.82, 2.24) is 39.5 Å². The molecule has 4 aromatic heterocycles. The highest BCUT2D eigenvalue weighted by Crippen LogP contribution is 2.47. The van der Waals surface area contributed by atoms with E-state index in [1.165, 1.54) is 16.7 Å². The first-order valence-corrected chi connectivity index (χ1v) is 40.1. The second-order valence-electron chi connectivity index (χ2n) is 27.8. The topological polar surface area (TPSA) is 221 Å². The lowest BCUT2D eigenvalue weighted by Crippen LogP contribution is -2.43. The van der Waals surface area contributed by atoms with Gasteiger partial charge in [0.1, 0.15) is 29.3 Å². The lowest BCUT2D eigenvalue weighted by atomic mass is 9.92. The van der Waals surface area contributed by atoms with E-state index in [9.17, 15) is 19.2 Å². The van der Waals surface area contributed by atoms with Gasteiger partial charge in [0.05, 0.1) is 66.5 Å². The van der Waals surface area contributed by atoms with E-state index < -0.39 is 0 Å². The Bertz CT molecular complexity index is 5770. The van der Waals surface area contributed by atoms with Gasteiger partial charge in [0.25, 0.3) is 0 Å². The van der Waals surface area contributed by atoms with Gasteiger partial charge in [0, 0.05) is 129 Å². The quantitative estimate of drug-likeness (QED) is 0.0731. The average Bonchev–Trinajstić information content (AvgIpc) is 1.63. The first-order valence-electron chi connectivity index (χ1n) is 37.8. The Hall–Kier alpha value is -10.8. The molecule has 115 heavy (non-hydrogen) atoms. The summed E-state index contributed by atoms with van der Waals surface area (Å²) in [5, 5.41) is 11.3. The lowest BCUT2D eigenvalue weighted by molar-refractivity contribution is -0.133. The minimum Gasteiger partial charge on any atom is -0.497 e. The normalized spacial score (nSPS) is 16.0. The average molecular weight is 1670 g/mol. The molecule has 0 saturated carbocycles. The Labute approximate surface area is 695 Å². The molecule has 0 saturated heterocycles. The Morgan fingerprint density at radius 1 is 0.383 bits per heavy atom. The maximum absolute atomic E-state index is 13.5. The summed E-state index contributed by atoms with van der Waals surface area (Å²) in [5.74, 6) is 3.60. The van der Waals surface area contributed by atoms with E-state index in [0.29, 0.717) is 100 Å². The molecule has 20 nitrogen and oxygen atoms in total. The zero-order chi connectivity index (χ0) is 80.9. The van der Waals surface area contributed by atoms with Gasteiger partial charge in [0.2, 0.25) is 5.91 Å². The number of rotatable bonds is 13. The summed E-state index contributed by atoms with van der Waals surface area (Å²) >= 11 is 37.5. The SMILES string of the molecule is CCC(=O)N1CCc2c([nH]c3ccc(Cl)cc23)C1c1ccc(OC)cc1.CCOC(=O)N1CCc2c([nH]c3ccc(Cl)cc23)C1c1ccc(Cl)cc1Cl.CCOC(=O)N1CCc2c([nH]c3ccc(Cl)cc23)C1c1ccc(OC)c(OC)c1.COc1ccc(C2c3[nH]c4ccc(Cl)cc4c3CCN2C(=O)Nc2ccccc2OC)cc1. The number of ether oxygens (including phenoxy) is 7. The van der Waals surface area contributed by atoms with Crippen LogP contribution in [0.5, 0.6) is 28.7 Å². The molecule has 5 N–H and O–H groups in total. The molecule has 9 aromatic carbocycles. The third-order valence-corrected chi connectivity index (χ3v) is 22.9. The molecule has 4 unspecified atom stereocenters. The lowest BCUT2D eigenvalue weighted by Gasteiger charge is -2.36. The number of urea groups is 1. The van der Waals surface area contributed by atoms with Gasteiger partial charge >= 0.3 is 18.2 Å². The van der Waals surface area contributed by atoms with Crippen LogP contribution in [0.15, 0.2) is 182 Å². The molecule has 0 spiro atoms. The number of hydrogen-bond donors (Lipinski definition) is 5. The van der Waals surface area contributed by atoms with Crippen molar-refractivity contribution < 1.29 is 52.3 Å². The number of aromatic amines is 4. The number of fused-ring (bicyclic) bond motifs is 12. The van der Waals surface area contributed by atoms with Crippen LogP contribution in [-0.4, -0.2) is 139 Å². The molecule has 4 aliphatic heterocycles. The van der Waals surface area contributed by atoms with E-state index in [1.54, 1.807) is 64.4 Å². The van der Waals surface area contributed by atoms with Crippen LogP contribution in [0.4, 0.5) is 20.1 Å². The van der Waals surface area contributed by atoms with Crippen LogP contribution in [0.25, 0.3) is 43.6 Å². The summed E-state index contributed by atoms with van der Waals surface area (Å²) < 4.78 is 37.5. The number of aromatic nitrogens is 4. The summed E-state index contributed by atoms with van der Waals surface area (Å²) in [5.41, 5.74) is 17.2. The van der Waals surface area contributed by atoms with Crippen molar-refractivity contribution in [3.8, 4) is 28.7 Å². The number of carbonyl (C=O) groups is 4. The van der Waals surface area contributed by atoms with Crippen LogP contribution in [0.3, 0.4) is 0 Å². The van der Waals surface area contributed by atoms with Crippen LogP contribution in [-0.2, 0) is 40.0 Å². The molecule has 4 atom stereocenters. The summed E-state index contributed by atoms with van der Waals surface area (Å²) in [6, 6.07) is 56.2. The molecule has 26 heteroatoms. The number of methoxy groups -OCH3 is 5. The molecule has 5 amide bonds. The number of para-hydroxylation sites is 2. The van der Waals surface area contributed by atoms with Gasteiger partial charge in [-0.25, -0.2) is 14.4 Å². The number of amides is 5. The Kier molecular flexibility index (Phi) is 24.9. The van der Waals surface area contributed by atoms with Gasteiger partial charge in [-0.05, 0) is 217 Å². The largest absolute Gasteiger partial charge is 0.497 e. The third-order valence-electron chi connectivity index (χ3n) is 21.4. The van der Waals surface area contributed by atoms with E-state index in [0.717, 1.165) is 130 Å². The number of halogens is 6. The fourth-order valence-corrected chi connectivity index (χ4v) is 17.4. The Balaban J connectivity index is 0.000000127. The summed E-state index contributed by atoms with van der Waals surface area (Å²) in [7, 11) is 8.09. The predicted molar refractivity (Wildman–Crippen MR) is 456 cm³/mol. The molecule has 594 valence electrons. The summed E-state index contributed by atoms with van der Waals surface area (Å²) in [4.78, 5) is 72.9. The molecule has 17 rings (SSSR count). The molecule has 0 aliphatic carbocycles. The zero-order valence-corrected chi connectivity index (χ0v) is 69.0. The standard InChI is InChI=1S/C26H24ClN3O3.C22H23ClN2O4.C21H21ClN2O2.C20H17Cl3N2O2/c1-32-18-10-7-16(8-11-18)25-24-19(20-15-17(27)9-12-21(20)28-24)13-14-30(25)26(31)29-22-5-3-4-6-23(22)33-2;1-4-29-22(26)25-10-9-15-16-12-14(23)6-7-17(16)24-20(15)21(25)13-5-8-18(27-2)19(11-13)28-3;1-3-19(25)24-11-10-16-17-12-14(22)6-9-18(17)23-20(16)21(24)13-4-7-15(26-2)8-5-13;1-2-27-20(26)25-8-7-13-15-9-11(21)4-6-17(15)24-18(13)19(25)14-5-3-12(22)10-16(14)23/h3-12,15,25,28H,13-14H2,1-2H3,(H,29,31);5-8,11-12,21,24H,4,9-10H2,1-3H3;4-9,12,21,23H,3,10-11H2,1-2H3;3-6,9-10,19,24H,2,7-8H2,1H3. The van der Waals surface area contributed by atoms with Crippen LogP contribution >= 0.6 is 69.6 Å². The monoisotopic (exact) mass is 1670 g/mol. The van der Waals surface area contributed by atoms with E-state index in [-0.39, 0.29) is 48.3 Å². The third kappa shape index (κ3) is 16.6. The number of carbonyl (C=O) groups excluding carboxylic acids is 4. The zero-order valence-electron chi connectivity index (χ0n) is 64.5. The van der Waals surface area contributed by atoms with Crippen molar-refractivity contribution >= 4 is 143 Å². The van der Waals surface area contributed by atoms with Gasteiger partial charge in [-0.2, -0.15) is 0 Å². The van der Waals surface area contributed by atoms with Crippen LogP contribution < -0.4 is 29.0 Å². The van der Waals surface area contributed by atoms with Gasteiger partial charge in [-0.1, -0.05) is 125 Å². The second-order valence-corrected chi connectivity index (χ2v) is 30.4. The van der Waals surface area contributed by atoms with Crippen molar-refractivity contribution in [2.45, 2.75) is 77.0 Å². The van der Waals surface area contributed by atoms with Crippen molar-refractivity contribution in [1.29, 1.82) is 0 Å². The second kappa shape index (κ2) is 35.5. The molecular weight excluding hydrogens is 1580 g/mol. The molecule has 0 fully saturated rings. The molecule has 8 heterocycles. The fraction of sp³-hybridized carbons (Fsp3) is 0.258. The minimum absolute atomic E-state index is 0.122. The van der Waals surface area contributed by atoms with E-state index in [1.807, 2.05) is 194 Å². The molecule has 0 bridgehead atoms. The van der Waals surface area contributed by atoms with E-state index >= 15 is 0 Å². The maximum Gasteiger partial charge on any atom is 0.410 e. The highest BCUT2D eigenvalue weighted by atomic mass is 35.5. The number of H-pyrrole nitrogens is 4. The number of benzene rings is 9. The van der Waals surface area contributed by atoms with Crippen LogP contribution in [0.2, 0.25) is 30.1 Å². The summed E-state index contributed by atoms with van der Waals surface area (Å²) in [6.07, 6.45) is 2.77. The number of nitrogens with zero attached hydrogens (tertiary/aromatic N) is 4. The molecule has 0 radical (unpaired) electrons. The van der Waals surface area contributed by atoms with Crippen LogP contribution in [0, 0.1) is 0 Å². The molecular formula is C89H85Cl6N9O11. The van der Waals surface area contributed by atoms with Gasteiger partial charge < -0.3 is 68.2 Å². The number of hydrogen-bond acceptors (Lipinski definition) is 11. The Morgan fingerprint density at radius 2 is 0.757 bits per heavy atom. The number of nitrogens with one attached hydrogen (secondary N) is 5. The van der Waals surface area contributed by atoms with Crippen molar-refractivity contribution in [3.63, 3.8) is 0 Å². The van der Waals surface area contributed by atoms with E-state index in [4.69, 9.17) is 103 Å². The molecule has 4 aliphatic rings. The van der Waals surface area contributed by atoms with Crippen molar-refractivity contribution in [3.05, 3.63) is 279 Å². The summed E-state index contributed by atoms with van der Waals surface area (Å²) in [6.45, 7) is 8.48. The first-order chi connectivity index (χ1) is 55.8. The highest BCUT2D eigenvalue weighted by molar-refractivity contribution is 6.35. The highest BCUT2D eigenvalue weighted by Gasteiger charge is 2.40. The van der Waals surface area contributed by atoms with Gasteiger partial charge in [0.15, 0.2) is 11.5 Å². The first kappa shape index (κ1) is 80.8. The minimum atomic E-state index is -0.385. The maximum atomic E-state index is 13.5. The predicted octanol–water partition coefficient (Wildman–Crippen LogP) is 21.9. The van der Waals surface area contributed by atoms with Crippen LogP contribution in [0.1, 0.15) is 119 Å². The van der Waals surface area contributed by atoms with Gasteiger partial charge in [-0.15, -0.1) is 0 Å². The molecule has 13 aromatic rings. The van der Waals surface area contributed by atoms with Crippen molar-refractivity contribution in [2.24, 2.45) is 0 Å². The smallest absolute Gasteiger partial charge is 0.410 e.